The standard InChI is InChI=1S/C11H14N2O5S2/c1-2-7-12-20(17,18)11-6-4-3-5-10(11)8-19(15,16)13-9-14/h3-6,12H,2,7-8H2,1H3. The Kier molecular flexibility index (Phi) is 5.58. The van der Waals surface area contributed by atoms with Crippen LogP contribution in [0.2, 0.25) is 0 Å². The number of benzene rings is 1. The van der Waals surface area contributed by atoms with Gasteiger partial charge in [0.05, 0.1) is 10.6 Å². The van der Waals surface area contributed by atoms with Crippen LogP contribution in [0.5, 0.6) is 0 Å². The molecule has 0 amide bonds. The van der Waals surface area contributed by atoms with Gasteiger partial charge in [-0.25, -0.2) is 26.4 Å². The van der Waals surface area contributed by atoms with E-state index in [0.29, 0.717) is 6.42 Å². The summed E-state index contributed by atoms with van der Waals surface area (Å²) in [5.74, 6) is -0.675. The van der Waals surface area contributed by atoms with Crippen LogP contribution in [0.25, 0.3) is 0 Å². The van der Waals surface area contributed by atoms with Crippen LogP contribution in [-0.4, -0.2) is 29.5 Å². The van der Waals surface area contributed by atoms with Gasteiger partial charge in [-0.2, -0.15) is 0 Å². The molecule has 1 rings (SSSR count). The molecular formula is C11H14N2O5S2. The summed E-state index contributed by atoms with van der Waals surface area (Å²) in [7, 11) is -7.87. The molecule has 0 aliphatic rings. The quantitative estimate of drug-likeness (QED) is 0.583. The van der Waals surface area contributed by atoms with Gasteiger partial charge in [0.25, 0.3) is 16.1 Å². The molecule has 1 aromatic carbocycles. The summed E-state index contributed by atoms with van der Waals surface area (Å²) in [6.45, 7) is 2.05. The van der Waals surface area contributed by atoms with Crippen molar-refractivity contribution in [2.45, 2.75) is 24.0 Å². The van der Waals surface area contributed by atoms with Crippen LogP contribution in [-0.2, 0) is 30.6 Å². The Labute approximate surface area is 117 Å². The molecule has 0 unspecified atom stereocenters. The van der Waals surface area contributed by atoms with E-state index in [0.717, 1.165) is 6.08 Å². The largest absolute Gasteiger partial charge is 0.267 e. The van der Waals surface area contributed by atoms with Gasteiger partial charge in [0.1, 0.15) is 0 Å². The highest BCUT2D eigenvalue weighted by Gasteiger charge is 2.21. The number of nitrogens with zero attached hydrogens (tertiary/aromatic N) is 1. The summed E-state index contributed by atoms with van der Waals surface area (Å²) >= 11 is 0. The maximum Gasteiger partial charge on any atom is 0.267 e. The van der Waals surface area contributed by atoms with E-state index < -0.39 is 25.8 Å². The molecule has 7 nitrogen and oxygen atoms in total. The van der Waals surface area contributed by atoms with Gasteiger partial charge in [-0.15, -0.1) is 0 Å². The lowest BCUT2D eigenvalue weighted by Gasteiger charge is -2.09. The van der Waals surface area contributed by atoms with Crippen LogP contribution in [0.3, 0.4) is 0 Å². The van der Waals surface area contributed by atoms with E-state index in [2.05, 4.69) is 9.12 Å². The Morgan fingerprint density at radius 1 is 1.20 bits per heavy atom. The molecule has 0 aliphatic heterocycles. The first-order valence-electron chi connectivity index (χ1n) is 5.72. The minimum atomic E-state index is -4.08. The third-order valence-electron chi connectivity index (χ3n) is 2.32. The average molecular weight is 318 g/mol. The highest BCUT2D eigenvalue weighted by Crippen LogP contribution is 2.18. The minimum absolute atomic E-state index is 0.0510. The maximum absolute atomic E-state index is 12.0. The first-order valence-corrected chi connectivity index (χ1v) is 8.81. The van der Waals surface area contributed by atoms with Gasteiger partial charge in [0.15, 0.2) is 0 Å². The molecule has 0 saturated carbocycles. The molecular weight excluding hydrogens is 304 g/mol. The Morgan fingerprint density at radius 2 is 1.85 bits per heavy atom. The topological polar surface area (TPSA) is 110 Å². The van der Waals surface area contributed by atoms with Crippen molar-refractivity contribution < 1.29 is 21.6 Å². The monoisotopic (exact) mass is 318 g/mol. The van der Waals surface area contributed by atoms with Crippen molar-refractivity contribution in [3.05, 3.63) is 29.8 Å². The van der Waals surface area contributed by atoms with Crippen LogP contribution in [0.15, 0.2) is 33.6 Å². The number of sulfonamides is 2. The zero-order chi connectivity index (χ0) is 15.2. The summed E-state index contributed by atoms with van der Waals surface area (Å²) in [6, 6.07) is 5.65. The molecule has 20 heavy (non-hydrogen) atoms. The SMILES string of the molecule is CCCNS(=O)(=O)c1ccccc1CS(=O)(=O)N=C=O. The number of isocyanates is 1. The van der Waals surface area contributed by atoms with Gasteiger partial charge in [-0.05, 0) is 18.1 Å². The molecule has 0 aliphatic carbocycles. The van der Waals surface area contributed by atoms with Crippen LogP contribution >= 0.6 is 0 Å². The van der Waals surface area contributed by atoms with Gasteiger partial charge in [-0.1, -0.05) is 29.5 Å². The van der Waals surface area contributed by atoms with Crippen molar-refractivity contribution >= 4 is 26.1 Å². The van der Waals surface area contributed by atoms with Crippen molar-refractivity contribution in [2.75, 3.05) is 6.54 Å². The third kappa shape index (κ3) is 4.53. The first kappa shape index (κ1) is 16.5. The second kappa shape index (κ2) is 6.76. The molecule has 0 bridgehead atoms. The molecule has 0 atom stereocenters. The fraction of sp³-hybridized carbons (Fsp3) is 0.364. The summed E-state index contributed by atoms with van der Waals surface area (Å²) in [5, 5.41) is 0. The van der Waals surface area contributed by atoms with Gasteiger partial charge < -0.3 is 0 Å². The van der Waals surface area contributed by atoms with Crippen molar-refractivity contribution in [1.82, 2.24) is 4.72 Å². The van der Waals surface area contributed by atoms with E-state index in [9.17, 15) is 21.6 Å². The zero-order valence-corrected chi connectivity index (χ0v) is 12.4. The van der Waals surface area contributed by atoms with Gasteiger partial charge >= 0.3 is 0 Å². The van der Waals surface area contributed by atoms with Crippen LogP contribution < -0.4 is 4.72 Å². The minimum Gasteiger partial charge on any atom is -0.211 e. The number of rotatable bonds is 7. The molecule has 0 heterocycles. The second-order valence-corrected chi connectivity index (χ2v) is 7.28. The Hall–Kier alpha value is -1.54. The number of carbonyl (C=O) groups excluding carboxylic acids is 1. The number of hydrogen-bond acceptors (Lipinski definition) is 5. The number of hydrogen-bond donors (Lipinski definition) is 1. The molecule has 0 saturated heterocycles. The fourth-order valence-electron chi connectivity index (χ4n) is 1.48. The van der Waals surface area contributed by atoms with Crippen molar-refractivity contribution in [3.63, 3.8) is 0 Å². The van der Waals surface area contributed by atoms with Gasteiger partial charge in [0.2, 0.25) is 10.0 Å². The van der Waals surface area contributed by atoms with E-state index >= 15 is 0 Å². The Bertz CT molecular complexity index is 719. The summed E-state index contributed by atoms with van der Waals surface area (Å²) in [5.41, 5.74) is 0.0510. The fourth-order valence-corrected chi connectivity index (χ4v) is 3.77. The molecule has 1 N–H and O–H groups in total. The van der Waals surface area contributed by atoms with E-state index in [4.69, 9.17) is 0 Å². The lowest BCUT2D eigenvalue weighted by molar-refractivity contribution is 0.563. The lowest BCUT2D eigenvalue weighted by atomic mass is 10.2. The Balaban J connectivity index is 3.22. The molecule has 9 heteroatoms. The molecule has 0 radical (unpaired) electrons. The van der Waals surface area contributed by atoms with Crippen LogP contribution in [0.4, 0.5) is 0 Å². The zero-order valence-electron chi connectivity index (χ0n) is 10.7. The third-order valence-corrected chi connectivity index (χ3v) is 4.91. The highest BCUT2D eigenvalue weighted by atomic mass is 32.2. The lowest BCUT2D eigenvalue weighted by Crippen LogP contribution is -2.25. The van der Waals surface area contributed by atoms with Crippen molar-refractivity contribution in [3.8, 4) is 0 Å². The van der Waals surface area contributed by atoms with E-state index in [1.807, 2.05) is 0 Å². The van der Waals surface area contributed by atoms with Crippen LogP contribution in [0.1, 0.15) is 18.9 Å². The Morgan fingerprint density at radius 3 is 2.45 bits per heavy atom. The average Bonchev–Trinajstić information content (AvgIpc) is 2.36. The second-order valence-electron chi connectivity index (χ2n) is 3.91. The van der Waals surface area contributed by atoms with E-state index in [-0.39, 0.29) is 17.0 Å². The predicted molar refractivity (Wildman–Crippen MR) is 72.7 cm³/mol. The van der Waals surface area contributed by atoms with Crippen molar-refractivity contribution in [2.24, 2.45) is 4.40 Å². The van der Waals surface area contributed by atoms with Crippen molar-refractivity contribution in [1.29, 1.82) is 0 Å². The molecule has 0 aromatic heterocycles. The first-order chi connectivity index (χ1) is 9.32. The van der Waals surface area contributed by atoms with Crippen LogP contribution in [0, 0.1) is 0 Å². The summed E-state index contributed by atoms with van der Waals surface area (Å²) in [6.07, 6.45) is 1.55. The molecule has 1 aromatic rings. The predicted octanol–water partition coefficient (Wildman–Crippen LogP) is 0.541. The summed E-state index contributed by atoms with van der Waals surface area (Å²) < 4.78 is 52.0. The van der Waals surface area contributed by atoms with E-state index in [1.165, 1.54) is 24.3 Å². The van der Waals surface area contributed by atoms with Gasteiger partial charge in [0, 0.05) is 6.54 Å². The molecule has 0 spiro atoms. The smallest absolute Gasteiger partial charge is 0.211 e. The molecule has 110 valence electrons. The summed E-state index contributed by atoms with van der Waals surface area (Å²) in [4.78, 5) is 9.89. The normalized spacial score (nSPS) is 11.8. The van der Waals surface area contributed by atoms with E-state index in [1.54, 1.807) is 6.92 Å². The van der Waals surface area contributed by atoms with Gasteiger partial charge in [-0.3, -0.25) is 0 Å². The molecule has 0 fully saturated rings. The maximum atomic E-state index is 12.0. The highest BCUT2D eigenvalue weighted by molar-refractivity contribution is 7.90. The number of nitrogens with one attached hydrogen (secondary N) is 1.